The van der Waals surface area contributed by atoms with E-state index in [1.165, 1.54) is 5.56 Å². The molecule has 0 aliphatic rings. The molecule has 0 radical (unpaired) electrons. The predicted molar refractivity (Wildman–Crippen MR) is 93.9 cm³/mol. The minimum absolute atomic E-state index is 0.190. The predicted octanol–water partition coefficient (Wildman–Crippen LogP) is 3.59. The van der Waals surface area contributed by atoms with E-state index in [0.717, 1.165) is 18.7 Å². The van der Waals surface area contributed by atoms with E-state index in [1.54, 1.807) is 7.11 Å². The van der Waals surface area contributed by atoms with Crippen LogP contribution in [0.3, 0.4) is 0 Å². The van der Waals surface area contributed by atoms with Crippen molar-refractivity contribution in [2.45, 2.75) is 58.8 Å². The van der Waals surface area contributed by atoms with Crippen LogP contribution in [0.4, 0.5) is 10.5 Å². The van der Waals surface area contributed by atoms with Crippen LogP contribution in [0.1, 0.15) is 40.2 Å². The second kappa shape index (κ2) is 8.89. The molecule has 2 N–H and O–H groups in total. The van der Waals surface area contributed by atoms with Gasteiger partial charge in [-0.25, -0.2) is 4.79 Å². The molecule has 130 valence electrons. The van der Waals surface area contributed by atoms with E-state index in [0.29, 0.717) is 6.04 Å². The quantitative estimate of drug-likeness (QED) is 0.805. The molecule has 0 aromatic heterocycles. The highest BCUT2D eigenvalue weighted by Crippen LogP contribution is 2.13. The van der Waals surface area contributed by atoms with Crippen molar-refractivity contribution in [3.8, 4) is 0 Å². The van der Waals surface area contributed by atoms with Crippen LogP contribution in [0.5, 0.6) is 0 Å². The Morgan fingerprint density at radius 1 is 1.17 bits per heavy atom. The third-order valence-electron chi connectivity index (χ3n) is 3.56. The number of carbonyl (C=O) groups excluding carboxylic acids is 1. The first-order valence-corrected chi connectivity index (χ1v) is 8.06. The van der Waals surface area contributed by atoms with Crippen LogP contribution < -0.4 is 10.6 Å². The van der Waals surface area contributed by atoms with Crippen LogP contribution in [0, 0.1) is 0 Å². The van der Waals surface area contributed by atoms with E-state index in [9.17, 15) is 4.79 Å². The van der Waals surface area contributed by atoms with Crippen molar-refractivity contribution in [1.29, 1.82) is 0 Å². The van der Waals surface area contributed by atoms with E-state index in [1.807, 2.05) is 45.0 Å². The monoisotopic (exact) mass is 322 g/mol. The van der Waals surface area contributed by atoms with Gasteiger partial charge in [0, 0.05) is 18.8 Å². The fourth-order valence-electron chi connectivity index (χ4n) is 1.99. The highest BCUT2D eigenvalue weighted by Gasteiger charge is 2.16. The highest BCUT2D eigenvalue weighted by atomic mass is 16.6. The number of methoxy groups -OCH3 is 1. The number of nitrogens with one attached hydrogen (secondary N) is 2. The number of hydrogen-bond donors (Lipinski definition) is 2. The molecule has 2 atom stereocenters. The molecule has 0 saturated heterocycles. The molecule has 1 amide bonds. The van der Waals surface area contributed by atoms with Gasteiger partial charge in [0.25, 0.3) is 0 Å². The smallest absolute Gasteiger partial charge is 0.412 e. The zero-order valence-electron chi connectivity index (χ0n) is 15.1. The molecular weight excluding hydrogens is 292 g/mol. The topological polar surface area (TPSA) is 59.6 Å². The van der Waals surface area contributed by atoms with E-state index in [4.69, 9.17) is 9.47 Å². The van der Waals surface area contributed by atoms with E-state index >= 15 is 0 Å². The van der Waals surface area contributed by atoms with Crippen LogP contribution in [0.2, 0.25) is 0 Å². The lowest BCUT2D eigenvalue weighted by atomic mass is 10.1. The Bertz CT molecular complexity index is 480. The Morgan fingerprint density at radius 2 is 1.78 bits per heavy atom. The van der Waals surface area contributed by atoms with Gasteiger partial charge >= 0.3 is 6.09 Å². The Labute approximate surface area is 139 Å². The lowest BCUT2D eigenvalue weighted by Gasteiger charge is -2.20. The molecule has 0 saturated carbocycles. The maximum absolute atomic E-state index is 11.7. The molecule has 0 spiro atoms. The number of rotatable bonds is 7. The van der Waals surface area contributed by atoms with Gasteiger partial charge in [0.1, 0.15) is 5.60 Å². The summed E-state index contributed by atoms with van der Waals surface area (Å²) in [6.45, 7) is 10.6. The zero-order chi connectivity index (χ0) is 17.5. The molecule has 23 heavy (non-hydrogen) atoms. The first-order chi connectivity index (χ1) is 10.7. The molecular formula is C18H30N2O3. The summed E-state index contributed by atoms with van der Waals surface area (Å²) in [6, 6.07) is 8.12. The molecule has 0 heterocycles. The van der Waals surface area contributed by atoms with Gasteiger partial charge in [-0.1, -0.05) is 12.1 Å². The SMILES string of the molecule is COC(C)C(C)NCCc1ccc(NC(=O)OC(C)(C)C)cc1. The lowest BCUT2D eigenvalue weighted by Crippen LogP contribution is -2.37. The molecule has 0 aliphatic carbocycles. The molecule has 0 bridgehead atoms. The molecule has 0 aliphatic heterocycles. The van der Waals surface area contributed by atoms with Crippen LogP contribution in [0.15, 0.2) is 24.3 Å². The largest absolute Gasteiger partial charge is 0.444 e. The van der Waals surface area contributed by atoms with Gasteiger partial charge in [-0.15, -0.1) is 0 Å². The standard InChI is InChI=1S/C18H30N2O3/c1-13(14(2)22-6)19-12-11-15-7-9-16(10-8-15)20-17(21)23-18(3,4)5/h7-10,13-14,19H,11-12H2,1-6H3,(H,20,21). The molecule has 0 fully saturated rings. The minimum atomic E-state index is -0.494. The number of hydrogen-bond acceptors (Lipinski definition) is 4. The van der Waals surface area contributed by atoms with Gasteiger partial charge in [0.2, 0.25) is 0 Å². The van der Waals surface area contributed by atoms with E-state index < -0.39 is 11.7 Å². The first kappa shape index (κ1) is 19.5. The second-order valence-corrected chi connectivity index (χ2v) is 6.76. The van der Waals surface area contributed by atoms with Crippen molar-refractivity contribution < 1.29 is 14.3 Å². The zero-order valence-corrected chi connectivity index (χ0v) is 15.1. The van der Waals surface area contributed by atoms with Crippen molar-refractivity contribution in [2.24, 2.45) is 0 Å². The molecule has 1 rings (SSSR count). The summed E-state index contributed by atoms with van der Waals surface area (Å²) in [4.78, 5) is 11.7. The van der Waals surface area contributed by atoms with Crippen molar-refractivity contribution in [3.05, 3.63) is 29.8 Å². The van der Waals surface area contributed by atoms with Gasteiger partial charge in [-0.2, -0.15) is 0 Å². The Balaban J connectivity index is 2.40. The first-order valence-electron chi connectivity index (χ1n) is 8.06. The van der Waals surface area contributed by atoms with Crippen LogP contribution in [-0.2, 0) is 15.9 Å². The number of benzene rings is 1. The summed E-state index contributed by atoms with van der Waals surface area (Å²) in [5.41, 5.74) is 1.45. The molecule has 2 unspecified atom stereocenters. The number of anilines is 1. The Hall–Kier alpha value is -1.59. The van der Waals surface area contributed by atoms with Crippen molar-refractivity contribution >= 4 is 11.8 Å². The minimum Gasteiger partial charge on any atom is -0.444 e. The summed E-state index contributed by atoms with van der Waals surface area (Å²) < 4.78 is 10.5. The van der Waals surface area contributed by atoms with Gasteiger partial charge in [0.05, 0.1) is 6.10 Å². The second-order valence-electron chi connectivity index (χ2n) is 6.76. The van der Waals surface area contributed by atoms with Crippen LogP contribution in [-0.4, -0.2) is 37.5 Å². The summed E-state index contributed by atoms with van der Waals surface area (Å²) in [5, 5.41) is 6.17. The summed E-state index contributed by atoms with van der Waals surface area (Å²) in [6.07, 6.45) is 0.678. The average Bonchev–Trinajstić information content (AvgIpc) is 2.46. The van der Waals surface area contributed by atoms with Gasteiger partial charge in [-0.05, 0) is 65.3 Å². The third kappa shape index (κ3) is 8.00. The maximum atomic E-state index is 11.7. The summed E-state index contributed by atoms with van der Waals surface area (Å²) in [7, 11) is 1.72. The van der Waals surface area contributed by atoms with E-state index in [-0.39, 0.29) is 6.10 Å². The third-order valence-corrected chi connectivity index (χ3v) is 3.56. The number of ether oxygens (including phenoxy) is 2. The molecule has 1 aromatic rings. The number of carbonyl (C=O) groups is 1. The molecule has 5 heteroatoms. The van der Waals surface area contributed by atoms with E-state index in [2.05, 4.69) is 24.5 Å². The highest BCUT2D eigenvalue weighted by molar-refractivity contribution is 5.84. The fourth-order valence-corrected chi connectivity index (χ4v) is 1.99. The summed E-state index contributed by atoms with van der Waals surface area (Å²) >= 11 is 0. The lowest BCUT2D eigenvalue weighted by molar-refractivity contribution is 0.0636. The molecule has 1 aromatic carbocycles. The average molecular weight is 322 g/mol. The Kier molecular flexibility index (Phi) is 7.52. The fraction of sp³-hybridized carbons (Fsp3) is 0.611. The van der Waals surface area contributed by atoms with Crippen LogP contribution in [0.25, 0.3) is 0 Å². The normalized spacial score (nSPS) is 14.2. The Morgan fingerprint density at radius 3 is 2.30 bits per heavy atom. The maximum Gasteiger partial charge on any atom is 0.412 e. The van der Waals surface area contributed by atoms with Crippen molar-refractivity contribution in [3.63, 3.8) is 0 Å². The van der Waals surface area contributed by atoms with Gasteiger partial charge < -0.3 is 14.8 Å². The van der Waals surface area contributed by atoms with Gasteiger partial charge in [-0.3, -0.25) is 5.32 Å². The van der Waals surface area contributed by atoms with Crippen LogP contribution >= 0.6 is 0 Å². The molecule has 5 nitrogen and oxygen atoms in total. The van der Waals surface area contributed by atoms with Gasteiger partial charge in [0.15, 0.2) is 0 Å². The number of amides is 1. The van der Waals surface area contributed by atoms with Crippen molar-refractivity contribution in [2.75, 3.05) is 19.0 Å². The van der Waals surface area contributed by atoms with Crippen molar-refractivity contribution in [1.82, 2.24) is 5.32 Å². The summed E-state index contributed by atoms with van der Waals surface area (Å²) in [5.74, 6) is 0.